The maximum atomic E-state index is 13.5. The lowest BCUT2D eigenvalue weighted by molar-refractivity contribution is -0.138. The van der Waals surface area contributed by atoms with E-state index in [1.807, 2.05) is 37.4 Å². The largest absolute Gasteiger partial charge is 0.416 e. The van der Waals surface area contributed by atoms with E-state index in [1.165, 1.54) is 12.1 Å². The monoisotopic (exact) mass is 317 g/mol. The first kappa shape index (κ1) is 15.7. The molecule has 23 heavy (non-hydrogen) atoms. The molecule has 4 heteroatoms. The summed E-state index contributed by atoms with van der Waals surface area (Å²) in [7, 11) is 0. The van der Waals surface area contributed by atoms with Gasteiger partial charge in [-0.3, -0.25) is 0 Å². The van der Waals surface area contributed by atoms with Crippen molar-refractivity contribution in [1.82, 2.24) is 4.98 Å². The van der Waals surface area contributed by atoms with E-state index >= 15 is 0 Å². The van der Waals surface area contributed by atoms with Gasteiger partial charge in [-0.15, -0.1) is 0 Å². The van der Waals surface area contributed by atoms with E-state index in [1.54, 1.807) is 13.0 Å². The normalized spacial score (nSPS) is 13.4. The van der Waals surface area contributed by atoms with Gasteiger partial charge in [0.2, 0.25) is 0 Å². The Morgan fingerprint density at radius 2 is 1.78 bits per heavy atom. The van der Waals surface area contributed by atoms with Gasteiger partial charge >= 0.3 is 6.18 Å². The Hall–Kier alpha value is -2.23. The topological polar surface area (TPSA) is 15.8 Å². The van der Waals surface area contributed by atoms with E-state index in [0.717, 1.165) is 16.5 Å². The van der Waals surface area contributed by atoms with Gasteiger partial charge in [-0.05, 0) is 42.2 Å². The summed E-state index contributed by atoms with van der Waals surface area (Å²) in [5.74, 6) is -0.288. The van der Waals surface area contributed by atoms with Crippen LogP contribution in [0.1, 0.15) is 41.5 Å². The fourth-order valence-electron chi connectivity index (χ4n) is 3.35. The molecule has 1 atom stereocenters. The van der Waals surface area contributed by atoms with Gasteiger partial charge in [0.25, 0.3) is 0 Å². The molecular formula is C19H18F3N. The predicted octanol–water partition coefficient (Wildman–Crippen LogP) is 6.04. The van der Waals surface area contributed by atoms with Crippen molar-refractivity contribution in [2.24, 2.45) is 0 Å². The van der Waals surface area contributed by atoms with Gasteiger partial charge in [0.15, 0.2) is 0 Å². The van der Waals surface area contributed by atoms with E-state index in [4.69, 9.17) is 0 Å². The zero-order valence-corrected chi connectivity index (χ0v) is 13.0. The number of nitrogens with one attached hydrogen (secondary N) is 1. The predicted molar refractivity (Wildman–Crippen MR) is 86.6 cm³/mol. The second kappa shape index (κ2) is 5.76. The second-order valence-corrected chi connectivity index (χ2v) is 5.78. The Labute approximate surface area is 133 Å². The summed E-state index contributed by atoms with van der Waals surface area (Å²) >= 11 is 0. The van der Waals surface area contributed by atoms with Crippen LogP contribution in [0.25, 0.3) is 10.9 Å². The van der Waals surface area contributed by atoms with Crippen LogP contribution in [-0.2, 0) is 6.18 Å². The van der Waals surface area contributed by atoms with Gasteiger partial charge in [0, 0.05) is 23.0 Å². The van der Waals surface area contributed by atoms with Gasteiger partial charge < -0.3 is 4.98 Å². The molecule has 1 heterocycles. The minimum Gasteiger partial charge on any atom is -0.361 e. The van der Waals surface area contributed by atoms with Crippen molar-refractivity contribution in [2.45, 2.75) is 32.4 Å². The molecule has 0 saturated carbocycles. The maximum absolute atomic E-state index is 13.5. The van der Waals surface area contributed by atoms with E-state index in [-0.39, 0.29) is 5.92 Å². The standard InChI is InChI=1S/C19H18F3N/c1-3-13(15-11-23-17-10-5-4-8-14(15)17)18-12(2)7-6-9-16(18)19(20,21)22/h4-11,13,23H,3H2,1-2H3. The highest BCUT2D eigenvalue weighted by molar-refractivity contribution is 5.84. The average molecular weight is 317 g/mol. The van der Waals surface area contributed by atoms with Crippen molar-refractivity contribution < 1.29 is 13.2 Å². The summed E-state index contributed by atoms with van der Waals surface area (Å²) in [5, 5.41) is 0.982. The first-order chi connectivity index (χ1) is 10.9. The first-order valence-electron chi connectivity index (χ1n) is 7.66. The van der Waals surface area contributed by atoms with Crippen molar-refractivity contribution in [3.63, 3.8) is 0 Å². The van der Waals surface area contributed by atoms with Gasteiger partial charge in [0.05, 0.1) is 5.56 Å². The lowest BCUT2D eigenvalue weighted by Gasteiger charge is -2.23. The lowest BCUT2D eigenvalue weighted by atomic mass is 9.83. The highest BCUT2D eigenvalue weighted by atomic mass is 19.4. The molecule has 0 amide bonds. The maximum Gasteiger partial charge on any atom is 0.416 e. The number of alkyl halides is 3. The van der Waals surface area contributed by atoms with Gasteiger partial charge in [-0.1, -0.05) is 37.3 Å². The van der Waals surface area contributed by atoms with Crippen molar-refractivity contribution in [3.05, 3.63) is 70.9 Å². The number of aromatic nitrogens is 1. The average Bonchev–Trinajstić information content (AvgIpc) is 2.93. The van der Waals surface area contributed by atoms with Crippen LogP contribution in [0.4, 0.5) is 13.2 Å². The number of fused-ring (bicyclic) bond motifs is 1. The van der Waals surface area contributed by atoms with Crippen LogP contribution in [0.5, 0.6) is 0 Å². The number of halogens is 3. The molecule has 2 aromatic carbocycles. The zero-order chi connectivity index (χ0) is 16.6. The Kier molecular flexibility index (Phi) is 3.92. The summed E-state index contributed by atoms with van der Waals surface area (Å²) < 4.78 is 40.4. The molecular weight excluding hydrogens is 299 g/mol. The highest BCUT2D eigenvalue weighted by Crippen LogP contribution is 2.42. The zero-order valence-electron chi connectivity index (χ0n) is 13.0. The molecule has 3 aromatic rings. The number of hydrogen-bond donors (Lipinski definition) is 1. The number of rotatable bonds is 3. The van der Waals surface area contributed by atoms with E-state index in [0.29, 0.717) is 17.5 Å². The second-order valence-electron chi connectivity index (χ2n) is 5.78. The molecule has 120 valence electrons. The number of H-pyrrole nitrogens is 1. The molecule has 0 aliphatic rings. The van der Waals surface area contributed by atoms with E-state index < -0.39 is 11.7 Å². The Balaban J connectivity index is 2.23. The lowest BCUT2D eigenvalue weighted by Crippen LogP contribution is -2.14. The van der Waals surface area contributed by atoms with Crippen LogP contribution in [-0.4, -0.2) is 4.98 Å². The third kappa shape index (κ3) is 2.74. The fourth-order valence-corrected chi connectivity index (χ4v) is 3.35. The van der Waals surface area contributed by atoms with Gasteiger partial charge in [-0.2, -0.15) is 13.2 Å². The van der Waals surface area contributed by atoms with Crippen LogP contribution < -0.4 is 0 Å². The molecule has 1 unspecified atom stereocenters. The van der Waals surface area contributed by atoms with Gasteiger partial charge in [0.1, 0.15) is 0 Å². The summed E-state index contributed by atoms with van der Waals surface area (Å²) in [5.41, 5.74) is 2.39. The molecule has 0 fully saturated rings. The molecule has 0 radical (unpaired) electrons. The van der Waals surface area contributed by atoms with Gasteiger partial charge in [-0.25, -0.2) is 0 Å². The molecule has 3 rings (SSSR count). The molecule has 1 N–H and O–H groups in total. The molecule has 0 aliphatic carbocycles. The number of aromatic amines is 1. The molecule has 0 bridgehead atoms. The Morgan fingerprint density at radius 1 is 1.04 bits per heavy atom. The van der Waals surface area contributed by atoms with Crippen LogP contribution in [0.3, 0.4) is 0 Å². The van der Waals surface area contributed by atoms with Crippen molar-refractivity contribution in [1.29, 1.82) is 0 Å². The molecule has 1 aromatic heterocycles. The molecule has 1 nitrogen and oxygen atoms in total. The summed E-state index contributed by atoms with van der Waals surface area (Å²) in [4.78, 5) is 3.17. The summed E-state index contributed by atoms with van der Waals surface area (Å²) in [6.45, 7) is 3.68. The fraction of sp³-hybridized carbons (Fsp3) is 0.263. The molecule has 0 aliphatic heterocycles. The number of hydrogen-bond acceptors (Lipinski definition) is 0. The minimum absolute atomic E-state index is 0.288. The molecule has 0 spiro atoms. The number of benzene rings is 2. The summed E-state index contributed by atoms with van der Waals surface area (Å²) in [6.07, 6.45) is -1.90. The van der Waals surface area contributed by atoms with Crippen molar-refractivity contribution in [2.75, 3.05) is 0 Å². The van der Waals surface area contributed by atoms with Crippen LogP contribution >= 0.6 is 0 Å². The minimum atomic E-state index is -4.35. The van der Waals surface area contributed by atoms with Crippen LogP contribution in [0.2, 0.25) is 0 Å². The first-order valence-corrected chi connectivity index (χ1v) is 7.66. The van der Waals surface area contributed by atoms with Crippen molar-refractivity contribution in [3.8, 4) is 0 Å². The number of para-hydroxylation sites is 1. The third-order valence-corrected chi connectivity index (χ3v) is 4.38. The Morgan fingerprint density at radius 3 is 2.48 bits per heavy atom. The number of aryl methyl sites for hydroxylation is 1. The SMILES string of the molecule is CCC(c1c(C)cccc1C(F)(F)F)c1c[nH]c2ccccc12. The quantitative estimate of drug-likeness (QED) is 0.606. The van der Waals surface area contributed by atoms with Crippen molar-refractivity contribution >= 4 is 10.9 Å². The molecule has 0 saturated heterocycles. The summed E-state index contributed by atoms with van der Waals surface area (Å²) in [6, 6.07) is 12.1. The Bertz CT molecular complexity index is 830. The van der Waals surface area contributed by atoms with E-state index in [9.17, 15) is 13.2 Å². The van der Waals surface area contributed by atoms with Crippen LogP contribution in [0, 0.1) is 6.92 Å². The smallest absolute Gasteiger partial charge is 0.361 e. The highest BCUT2D eigenvalue weighted by Gasteiger charge is 2.36. The van der Waals surface area contributed by atoms with Crippen LogP contribution in [0.15, 0.2) is 48.7 Å². The van der Waals surface area contributed by atoms with E-state index in [2.05, 4.69) is 4.98 Å². The third-order valence-electron chi connectivity index (χ3n) is 4.38.